The van der Waals surface area contributed by atoms with Gasteiger partial charge in [-0.25, -0.2) is 9.97 Å². The molecular formula is C21H21N7O2S. The van der Waals surface area contributed by atoms with Crippen LogP contribution in [0.15, 0.2) is 36.1 Å². The number of anilines is 2. The van der Waals surface area contributed by atoms with Crippen molar-refractivity contribution < 1.29 is 9.59 Å². The minimum absolute atomic E-state index is 0.169. The lowest BCUT2D eigenvalue weighted by Crippen LogP contribution is -2.46. The number of aromatic nitrogens is 4. The van der Waals surface area contributed by atoms with Gasteiger partial charge in [-0.05, 0) is 36.5 Å². The first kappa shape index (κ1) is 19.4. The van der Waals surface area contributed by atoms with E-state index in [1.165, 1.54) is 12.4 Å². The van der Waals surface area contributed by atoms with Gasteiger partial charge in [0.25, 0.3) is 0 Å². The zero-order valence-corrected chi connectivity index (χ0v) is 17.6. The molecule has 4 heterocycles. The van der Waals surface area contributed by atoms with Crippen LogP contribution < -0.4 is 11.1 Å². The molecule has 1 aliphatic heterocycles. The van der Waals surface area contributed by atoms with Crippen LogP contribution in [-0.2, 0) is 9.59 Å². The molecular weight excluding hydrogens is 414 g/mol. The molecule has 0 radical (unpaired) electrons. The SMILES string of the molecule is C[C@H]1CC[C@H](c2ccc3scnc3c2)N(C(=O)C(=O)Nc2cnc(N)c3cn[nH]c23)C1. The first-order valence-electron chi connectivity index (χ1n) is 10.0. The van der Waals surface area contributed by atoms with Crippen molar-refractivity contribution in [2.75, 3.05) is 17.6 Å². The van der Waals surface area contributed by atoms with Crippen molar-refractivity contribution in [3.63, 3.8) is 0 Å². The Bertz CT molecular complexity index is 1300. The first-order valence-corrected chi connectivity index (χ1v) is 10.9. The van der Waals surface area contributed by atoms with Crippen LogP contribution in [-0.4, -0.2) is 43.4 Å². The number of thiazole rings is 1. The van der Waals surface area contributed by atoms with Gasteiger partial charge in [0.15, 0.2) is 0 Å². The third kappa shape index (κ3) is 3.48. The summed E-state index contributed by atoms with van der Waals surface area (Å²) in [6.45, 7) is 2.61. The highest BCUT2D eigenvalue weighted by Gasteiger charge is 2.34. The highest BCUT2D eigenvalue weighted by molar-refractivity contribution is 7.16. The number of nitrogen functional groups attached to an aromatic ring is 1. The van der Waals surface area contributed by atoms with E-state index in [1.54, 1.807) is 16.2 Å². The van der Waals surface area contributed by atoms with Crippen LogP contribution in [0, 0.1) is 5.92 Å². The molecule has 1 saturated heterocycles. The Balaban J connectivity index is 1.42. The summed E-state index contributed by atoms with van der Waals surface area (Å²) in [7, 11) is 0. The molecule has 2 atom stereocenters. The molecule has 0 saturated carbocycles. The number of benzene rings is 1. The normalized spacial score (nSPS) is 19.1. The van der Waals surface area contributed by atoms with E-state index in [2.05, 4.69) is 32.4 Å². The van der Waals surface area contributed by atoms with Crippen molar-refractivity contribution in [3.8, 4) is 0 Å². The summed E-state index contributed by atoms with van der Waals surface area (Å²) in [5.74, 6) is -0.667. The first-order chi connectivity index (χ1) is 15.0. The molecule has 4 aromatic rings. The average Bonchev–Trinajstić information content (AvgIpc) is 3.44. The van der Waals surface area contributed by atoms with E-state index in [9.17, 15) is 9.59 Å². The Morgan fingerprint density at radius 3 is 3.00 bits per heavy atom. The number of amides is 2. The van der Waals surface area contributed by atoms with Gasteiger partial charge in [-0.1, -0.05) is 13.0 Å². The second kappa shape index (κ2) is 7.62. The topological polar surface area (TPSA) is 130 Å². The quantitative estimate of drug-likeness (QED) is 0.415. The van der Waals surface area contributed by atoms with Gasteiger partial charge in [0, 0.05) is 6.54 Å². The van der Waals surface area contributed by atoms with E-state index in [0.29, 0.717) is 34.9 Å². The highest BCUT2D eigenvalue weighted by atomic mass is 32.1. The third-order valence-electron chi connectivity index (χ3n) is 5.78. The van der Waals surface area contributed by atoms with E-state index in [4.69, 9.17) is 5.73 Å². The summed E-state index contributed by atoms with van der Waals surface area (Å²) < 4.78 is 1.10. The molecule has 1 aliphatic rings. The lowest BCUT2D eigenvalue weighted by atomic mass is 9.89. The van der Waals surface area contributed by atoms with Crippen LogP contribution in [0.25, 0.3) is 21.1 Å². The van der Waals surface area contributed by atoms with Gasteiger partial charge < -0.3 is 16.0 Å². The Morgan fingerprint density at radius 2 is 2.13 bits per heavy atom. The monoisotopic (exact) mass is 435 g/mol. The van der Waals surface area contributed by atoms with Crippen LogP contribution in [0.3, 0.4) is 0 Å². The van der Waals surface area contributed by atoms with Gasteiger partial charge in [0.2, 0.25) is 0 Å². The summed E-state index contributed by atoms with van der Waals surface area (Å²) in [4.78, 5) is 36.3. The highest BCUT2D eigenvalue weighted by Crippen LogP contribution is 2.35. The number of aromatic amines is 1. The van der Waals surface area contributed by atoms with Gasteiger partial charge >= 0.3 is 11.8 Å². The van der Waals surface area contributed by atoms with Crippen molar-refractivity contribution >= 4 is 55.8 Å². The molecule has 9 nitrogen and oxygen atoms in total. The van der Waals surface area contributed by atoms with Gasteiger partial charge in [0.1, 0.15) is 5.82 Å². The molecule has 1 aromatic carbocycles. The zero-order chi connectivity index (χ0) is 21.5. The van der Waals surface area contributed by atoms with Crippen molar-refractivity contribution in [1.82, 2.24) is 25.1 Å². The Hall–Kier alpha value is -3.53. The number of piperidine rings is 1. The molecule has 0 bridgehead atoms. The van der Waals surface area contributed by atoms with Crippen molar-refractivity contribution in [2.45, 2.75) is 25.8 Å². The number of carbonyl (C=O) groups excluding carboxylic acids is 2. The van der Waals surface area contributed by atoms with Crippen molar-refractivity contribution in [1.29, 1.82) is 0 Å². The molecule has 158 valence electrons. The number of rotatable bonds is 2. The molecule has 0 unspecified atom stereocenters. The van der Waals surface area contributed by atoms with E-state index >= 15 is 0 Å². The maximum Gasteiger partial charge on any atom is 0.314 e. The van der Waals surface area contributed by atoms with Crippen LogP contribution in [0.2, 0.25) is 0 Å². The zero-order valence-electron chi connectivity index (χ0n) is 16.8. The van der Waals surface area contributed by atoms with Crippen molar-refractivity contribution in [3.05, 3.63) is 41.7 Å². The number of carbonyl (C=O) groups is 2. The maximum atomic E-state index is 13.2. The maximum absolute atomic E-state index is 13.2. The lowest BCUT2D eigenvalue weighted by Gasteiger charge is -2.38. The number of nitrogens with two attached hydrogens (primary N) is 1. The number of pyridine rings is 1. The summed E-state index contributed by atoms with van der Waals surface area (Å²) in [6.07, 6.45) is 4.74. The van der Waals surface area contributed by atoms with Gasteiger partial charge in [-0.3, -0.25) is 14.7 Å². The number of hydrogen-bond acceptors (Lipinski definition) is 7. The number of nitrogens with zero attached hydrogens (tertiary/aromatic N) is 4. The minimum atomic E-state index is -0.712. The standard InChI is InChI=1S/C21H21N7O2S/c1-11-2-4-16(12-3-5-17-14(6-12)24-10-31-17)28(9-11)21(30)20(29)26-15-8-23-19(22)13-7-25-27-18(13)15/h3,5-8,10-11,16H,2,4,9H2,1H3,(H2,22,23)(H,25,27)(H,26,29)/t11-,16+/m0/s1. The number of likely N-dealkylation sites (tertiary alicyclic amines) is 1. The Morgan fingerprint density at radius 1 is 1.26 bits per heavy atom. The fraction of sp³-hybridized carbons (Fsp3) is 0.286. The molecule has 5 rings (SSSR count). The Kier molecular flexibility index (Phi) is 4.78. The van der Waals surface area contributed by atoms with Gasteiger partial charge in [0.05, 0.1) is 50.8 Å². The van der Waals surface area contributed by atoms with Crippen LogP contribution >= 0.6 is 11.3 Å². The molecule has 0 spiro atoms. The van der Waals surface area contributed by atoms with E-state index in [-0.39, 0.29) is 6.04 Å². The van der Waals surface area contributed by atoms with Crippen LogP contribution in [0.5, 0.6) is 0 Å². The average molecular weight is 436 g/mol. The number of hydrogen-bond donors (Lipinski definition) is 3. The number of fused-ring (bicyclic) bond motifs is 2. The largest absolute Gasteiger partial charge is 0.383 e. The lowest BCUT2D eigenvalue weighted by molar-refractivity contribution is -0.146. The molecule has 1 fully saturated rings. The Labute approximate surface area is 181 Å². The number of H-pyrrole nitrogens is 1. The smallest absolute Gasteiger partial charge is 0.314 e. The summed E-state index contributed by atoms with van der Waals surface area (Å²) >= 11 is 1.58. The van der Waals surface area contributed by atoms with Gasteiger partial charge in [-0.2, -0.15) is 5.10 Å². The second-order valence-corrected chi connectivity index (χ2v) is 8.79. The van der Waals surface area contributed by atoms with Gasteiger partial charge in [-0.15, -0.1) is 11.3 Å². The molecule has 10 heteroatoms. The van der Waals surface area contributed by atoms with E-state index in [0.717, 1.165) is 28.6 Å². The third-order valence-corrected chi connectivity index (χ3v) is 6.59. The van der Waals surface area contributed by atoms with E-state index in [1.807, 2.05) is 23.7 Å². The summed E-state index contributed by atoms with van der Waals surface area (Å²) in [5.41, 5.74) is 10.5. The molecule has 0 aliphatic carbocycles. The fourth-order valence-corrected chi connectivity index (χ4v) is 4.82. The molecule has 3 aromatic heterocycles. The second-order valence-electron chi connectivity index (χ2n) is 7.91. The minimum Gasteiger partial charge on any atom is -0.383 e. The molecule has 31 heavy (non-hydrogen) atoms. The van der Waals surface area contributed by atoms with Crippen LogP contribution in [0.1, 0.15) is 31.4 Å². The van der Waals surface area contributed by atoms with Crippen molar-refractivity contribution in [2.24, 2.45) is 5.92 Å². The molecule has 2 amide bonds. The fourth-order valence-electron chi connectivity index (χ4n) is 4.16. The van der Waals surface area contributed by atoms with Crippen LogP contribution in [0.4, 0.5) is 11.5 Å². The summed E-state index contributed by atoms with van der Waals surface area (Å²) in [5, 5.41) is 10.0. The number of nitrogens with one attached hydrogen (secondary N) is 2. The molecule has 4 N–H and O–H groups in total. The predicted octanol–water partition coefficient (Wildman–Crippen LogP) is 3.09. The summed E-state index contributed by atoms with van der Waals surface area (Å²) in [6, 6.07) is 5.90. The predicted molar refractivity (Wildman–Crippen MR) is 119 cm³/mol. The van der Waals surface area contributed by atoms with E-state index < -0.39 is 11.8 Å².